The predicted octanol–water partition coefficient (Wildman–Crippen LogP) is 1.42. The van der Waals surface area contributed by atoms with E-state index in [1.807, 2.05) is 0 Å². The number of carboxylic acid groups (broad SMARTS) is 1. The molecule has 0 spiro atoms. The minimum absolute atomic E-state index is 0.505. The highest BCUT2D eigenvalue weighted by atomic mass is 35.5. The molecule has 1 aliphatic rings. The lowest BCUT2D eigenvalue weighted by atomic mass is 10.5. The largest absolute Gasteiger partial charge is 0.463 e. The number of amides is 1. The Kier molecular flexibility index (Phi) is 2.05. The van der Waals surface area contributed by atoms with Gasteiger partial charge in [0, 0.05) is 19.4 Å². The molecule has 5 heteroatoms. The van der Waals surface area contributed by atoms with Gasteiger partial charge in [0.25, 0.3) is 0 Å². The maximum atomic E-state index is 10.4. The highest BCUT2D eigenvalue weighted by molar-refractivity contribution is 6.31. The van der Waals surface area contributed by atoms with E-state index in [0.29, 0.717) is 5.03 Å². The molecule has 0 bridgehead atoms. The van der Waals surface area contributed by atoms with Crippen molar-refractivity contribution in [2.75, 3.05) is 7.05 Å². The van der Waals surface area contributed by atoms with Crippen LogP contribution in [0.15, 0.2) is 23.5 Å². The van der Waals surface area contributed by atoms with Crippen LogP contribution in [-0.2, 0) is 0 Å². The summed E-state index contributed by atoms with van der Waals surface area (Å²) in [5.41, 5.74) is 0. The first kappa shape index (κ1) is 7.94. The normalized spacial score (nSPS) is 16.7. The molecule has 4 nitrogen and oxygen atoms in total. The van der Waals surface area contributed by atoms with Gasteiger partial charge in [-0.2, -0.15) is 5.01 Å². The summed E-state index contributed by atoms with van der Waals surface area (Å²) in [4.78, 5) is 10.4. The Morgan fingerprint density at radius 3 is 2.82 bits per heavy atom. The summed E-state index contributed by atoms with van der Waals surface area (Å²) < 4.78 is 0. The molecule has 0 saturated carbocycles. The average molecular weight is 175 g/mol. The van der Waals surface area contributed by atoms with Crippen molar-refractivity contribution < 1.29 is 9.90 Å². The lowest BCUT2D eigenvalue weighted by molar-refractivity contribution is 0.0833. The quantitative estimate of drug-likeness (QED) is 0.604. The van der Waals surface area contributed by atoms with Gasteiger partial charge in [-0.1, -0.05) is 11.6 Å². The smallest absolute Gasteiger partial charge is 0.430 e. The van der Waals surface area contributed by atoms with Crippen LogP contribution < -0.4 is 0 Å². The molecule has 1 heterocycles. The topological polar surface area (TPSA) is 43.8 Å². The van der Waals surface area contributed by atoms with E-state index in [1.165, 1.54) is 23.5 Å². The molecular formula is C6H7ClN2O2. The van der Waals surface area contributed by atoms with Crippen LogP contribution in [0.3, 0.4) is 0 Å². The van der Waals surface area contributed by atoms with Crippen LogP contribution in [0.4, 0.5) is 4.79 Å². The zero-order valence-corrected chi connectivity index (χ0v) is 6.62. The van der Waals surface area contributed by atoms with E-state index in [2.05, 4.69) is 0 Å². The second kappa shape index (κ2) is 2.84. The Hall–Kier alpha value is -1.16. The van der Waals surface area contributed by atoms with Crippen LogP contribution in [0.5, 0.6) is 0 Å². The van der Waals surface area contributed by atoms with Crippen LogP contribution in [-0.4, -0.2) is 28.3 Å². The lowest BCUT2D eigenvalue weighted by Crippen LogP contribution is -2.37. The Balaban J connectivity index is 2.77. The van der Waals surface area contributed by atoms with Gasteiger partial charge in [-0.25, -0.2) is 4.79 Å². The Bertz CT molecular complexity index is 237. The number of hydrogen-bond donors (Lipinski definition) is 1. The summed E-state index contributed by atoms with van der Waals surface area (Å²) in [5, 5.41) is 11.5. The van der Waals surface area contributed by atoms with E-state index < -0.39 is 6.09 Å². The molecule has 0 fully saturated rings. The highest BCUT2D eigenvalue weighted by Gasteiger charge is 2.14. The fourth-order valence-electron chi connectivity index (χ4n) is 0.729. The summed E-state index contributed by atoms with van der Waals surface area (Å²) in [7, 11) is 1.60. The van der Waals surface area contributed by atoms with Gasteiger partial charge in [0.05, 0.1) is 5.03 Å². The van der Waals surface area contributed by atoms with Gasteiger partial charge in [-0.3, -0.25) is 5.01 Å². The van der Waals surface area contributed by atoms with Crippen LogP contribution >= 0.6 is 11.6 Å². The van der Waals surface area contributed by atoms with Gasteiger partial charge in [-0.05, 0) is 6.08 Å². The number of halogens is 1. The van der Waals surface area contributed by atoms with Crippen molar-refractivity contribution in [3.8, 4) is 0 Å². The minimum atomic E-state index is -1.04. The second-order valence-electron chi connectivity index (χ2n) is 2.03. The molecule has 0 aromatic heterocycles. The van der Waals surface area contributed by atoms with E-state index >= 15 is 0 Å². The summed E-state index contributed by atoms with van der Waals surface area (Å²) in [5.74, 6) is 0. The molecule has 1 rings (SSSR count). The number of hydrazine groups is 1. The Morgan fingerprint density at radius 1 is 1.73 bits per heavy atom. The number of nitrogens with zero attached hydrogens (tertiary/aromatic N) is 2. The molecule has 0 aromatic carbocycles. The summed E-state index contributed by atoms with van der Waals surface area (Å²) >= 11 is 5.59. The Labute approximate surface area is 68.9 Å². The molecule has 1 N–H and O–H groups in total. The standard InChI is InChI=1S/C6H7ClN2O2/c1-8-4-5(7)2-3-9(8)6(10)11/h2-4H,1H3,(H,10,11). The predicted molar refractivity (Wildman–Crippen MR) is 40.7 cm³/mol. The van der Waals surface area contributed by atoms with Gasteiger partial charge >= 0.3 is 6.09 Å². The number of rotatable bonds is 0. The maximum absolute atomic E-state index is 10.4. The third-order valence-electron chi connectivity index (χ3n) is 1.22. The van der Waals surface area contributed by atoms with Gasteiger partial charge in [0.1, 0.15) is 0 Å². The monoisotopic (exact) mass is 174 g/mol. The molecule has 0 aliphatic carbocycles. The summed E-state index contributed by atoms with van der Waals surface area (Å²) in [6, 6.07) is 0. The fourth-order valence-corrected chi connectivity index (χ4v) is 0.927. The van der Waals surface area contributed by atoms with Gasteiger partial charge in [-0.15, -0.1) is 0 Å². The van der Waals surface area contributed by atoms with Crippen molar-refractivity contribution in [1.82, 2.24) is 10.0 Å². The first-order valence-electron chi connectivity index (χ1n) is 2.91. The average Bonchev–Trinajstić information content (AvgIpc) is 1.85. The molecule has 1 amide bonds. The zero-order valence-electron chi connectivity index (χ0n) is 5.86. The molecule has 0 aromatic rings. The molecule has 60 valence electrons. The van der Waals surface area contributed by atoms with Gasteiger partial charge < -0.3 is 5.11 Å². The second-order valence-corrected chi connectivity index (χ2v) is 2.47. The summed E-state index contributed by atoms with van der Waals surface area (Å²) in [6.07, 6.45) is 3.36. The highest BCUT2D eigenvalue weighted by Crippen LogP contribution is 2.13. The van der Waals surface area contributed by atoms with E-state index in [4.69, 9.17) is 16.7 Å². The van der Waals surface area contributed by atoms with Crippen molar-refractivity contribution in [3.63, 3.8) is 0 Å². The third kappa shape index (κ3) is 1.65. The molecular weight excluding hydrogens is 168 g/mol. The van der Waals surface area contributed by atoms with E-state index in [0.717, 1.165) is 5.01 Å². The van der Waals surface area contributed by atoms with E-state index in [-0.39, 0.29) is 0 Å². The molecule has 0 radical (unpaired) electrons. The van der Waals surface area contributed by atoms with E-state index in [1.54, 1.807) is 7.05 Å². The van der Waals surface area contributed by atoms with Crippen LogP contribution in [0.25, 0.3) is 0 Å². The number of hydrogen-bond acceptors (Lipinski definition) is 2. The summed E-state index contributed by atoms with van der Waals surface area (Å²) in [6.45, 7) is 0. The van der Waals surface area contributed by atoms with E-state index in [9.17, 15) is 4.79 Å². The van der Waals surface area contributed by atoms with Crippen LogP contribution in [0.1, 0.15) is 0 Å². The van der Waals surface area contributed by atoms with Crippen molar-refractivity contribution >= 4 is 17.7 Å². The molecule has 0 atom stereocenters. The van der Waals surface area contributed by atoms with Crippen molar-refractivity contribution in [3.05, 3.63) is 23.5 Å². The maximum Gasteiger partial charge on any atom is 0.430 e. The lowest BCUT2D eigenvalue weighted by Gasteiger charge is -2.27. The molecule has 1 aliphatic heterocycles. The van der Waals surface area contributed by atoms with Crippen LogP contribution in [0.2, 0.25) is 0 Å². The molecule has 0 unspecified atom stereocenters. The van der Waals surface area contributed by atoms with Crippen molar-refractivity contribution in [2.45, 2.75) is 0 Å². The first-order chi connectivity index (χ1) is 5.11. The van der Waals surface area contributed by atoms with Crippen molar-refractivity contribution in [2.24, 2.45) is 0 Å². The first-order valence-corrected chi connectivity index (χ1v) is 3.29. The van der Waals surface area contributed by atoms with Gasteiger partial charge in [0.15, 0.2) is 0 Å². The fraction of sp³-hybridized carbons (Fsp3) is 0.167. The SMILES string of the molecule is CN1C=C(Cl)C=CN1C(=O)O. The number of carbonyl (C=O) groups is 1. The van der Waals surface area contributed by atoms with Crippen LogP contribution in [0, 0.1) is 0 Å². The minimum Gasteiger partial charge on any atom is -0.463 e. The molecule has 11 heavy (non-hydrogen) atoms. The third-order valence-corrected chi connectivity index (χ3v) is 1.44. The number of allylic oxidation sites excluding steroid dienone is 2. The zero-order chi connectivity index (χ0) is 8.43. The molecule has 0 saturated heterocycles. The Morgan fingerprint density at radius 2 is 2.36 bits per heavy atom. The van der Waals surface area contributed by atoms with Crippen molar-refractivity contribution in [1.29, 1.82) is 0 Å². The van der Waals surface area contributed by atoms with Gasteiger partial charge in [0.2, 0.25) is 0 Å².